The van der Waals surface area contributed by atoms with Crippen LogP contribution in [0.25, 0.3) is 11.1 Å². The molecule has 3 aromatic rings. The summed E-state index contributed by atoms with van der Waals surface area (Å²) in [6, 6.07) is 11.1. The molecule has 0 saturated carbocycles. The van der Waals surface area contributed by atoms with Gasteiger partial charge in [-0.1, -0.05) is 12.1 Å². The molecule has 0 bridgehead atoms. The van der Waals surface area contributed by atoms with E-state index in [0.717, 1.165) is 0 Å². The van der Waals surface area contributed by atoms with Crippen molar-refractivity contribution in [2.75, 3.05) is 17.2 Å². The van der Waals surface area contributed by atoms with Gasteiger partial charge in [0.05, 0.1) is 11.4 Å². The van der Waals surface area contributed by atoms with Gasteiger partial charge in [-0.3, -0.25) is 4.79 Å². The zero-order valence-electron chi connectivity index (χ0n) is 11.3. The van der Waals surface area contributed by atoms with Crippen molar-refractivity contribution in [2.45, 2.75) is 0 Å². The Labute approximate surface area is 124 Å². The summed E-state index contributed by atoms with van der Waals surface area (Å²) in [5, 5.41) is 14.3. The molecule has 6 nitrogen and oxygen atoms in total. The first-order chi connectivity index (χ1) is 10.7. The van der Waals surface area contributed by atoms with Crippen LogP contribution in [0.4, 0.5) is 21.8 Å². The molecule has 1 amide bonds. The third kappa shape index (κ3) is 2.89. The van der Waals surface area contributed by atoms with Gasteiger partial charge in [0.15, 0.2) is 5.58 Å². The minimum absolute atomic E-state index is 0.172. The van der Waals surface area contributed by atoms with E-state index in [9.17, 15) is 9.18 Å². The third-order valence-electron chi connectivity index (χ3n) is 2.94. The van der Waals surface area contributed by atoms with Gasteiger partial charge in [-0.2, -0.15) is 4.98 Å². The Morgan fingerprint density at radius 3 is 2.77 bits per heavy atom. The number of oxazole rings is 1. The molecule has 0 fully saturated rings. The van der Waals surface area contributed by atoms with Gasteiger partial charge in [0.2, 0.25) is 5.91 Å². The van der Waals surface area contributed by atoms with Crippen molar-refractivity contribution in [2.24, 2.45) is 0 Å². The number of nitrogens with zero attached hydrogens (tertiary/aromatic N) is 1. The Morgan fingerprint density at radius 1 is 1.23 bits per heavy atom. The number of halogens is 1. The number of aliphatic hydroxyl groups is 1. The van der Waals surface area contributed by atoms with Gasteiger partial charge in [0.1, 0.15) is 17.9 Å². The first-order valence-electron chi connectivity index (χ1n) is 6.48. The summed E-state index contributed by atoms with van der Waals surface area (Å²) in [6.07, 6.45) is 0. The number of anilines is 3. The number of para-hydroxylation sites is 2. The van der Waals surface area contributed by atoms with Crippen LogP contribution < -0.4 is 10.6 Å². The van der Waals surface area contributed by atoms with Crippen molar-refractivity contribution in [3.8, 4) is 0 Å². The second-order valence-corrected chi connectivity index (χ2v) is 4.51. The summed E-state index contributed by atoms with van der Waals surface area (Å²) in [5.41, 5.74) is 1.84. The highest BCUT2D eigenvalue weighted by molar-refractivity contribution is 5.95. The van der Waals surface area contributed by atoms with E-state index in [-0.39, 0.29) is 6.01 Å². The lowest BCUT2D eigenvalue weighted by Gasteiger charge is -2.09. The zero-order valence-corrected chi connectivity index (χ0v) is 11.3. The maximum absolute atomic E-state index is 13.1. The summed E-state index contributed by atoms with van der Waals surface area (Å²) in [4.78, 5) is 15.4. The largest absolute Gasteiger partial charge is 0.423 e. The quantitative estimate of drug-likeness (QED) is 0.689. The average Bonchev–Trinajstić information content (AvgIpc) is 2.90. The Hall–Kier alpha value is -2.93. The number of carbonyl (C=O) groups is 1. The van der Waals surface area contributed by atoms with E-state index in [1.54, 1.807) is 24.3 Å². The normalized spacial score (nSPS) is 10.6. The lowest BCUT2D eigenvalue weighted by Crippen LogP contribution is -2.16. The number of fused-ring (bicyclic) bond motifs is 1. The van der Waals surface area contributed by atoms with Gasteiger partial charge < -0.3 is 20.2 Å². The molecule has 0 saturated heterocycles. The summed E-state index contributed by atoms with van der Waals surface area (Å²) < 4.78 is 18.6. The molecule has 2 aromatic carbocycles. The van der Waals surface area contributed by atoms with Crippen LogP contribution >= 0.6 is 0 Å². The molecule has 0 unspecified atom stereocenters. The number of hydrogen-bond donors (Lipinski definition) is 3. The SMILES string of the molecule is O=C(CO)Nc1ccccc1Nc1nc2cc(F)ccc2o1. The fraction of sp³-hybridized carbons (Fsp3) is 0.0667. The Kier molecular flexibility index (Phi) is 3.71. The van der Waals surface area contributed by atoms with Crippen LogP contribution in [-0.2, 0) is 4.79 Å². The third-order valence-corrected chi connectivity index (χ3v) is 2.94. The maximum atomic E-state index is 13.1. The number of aromatic nitrogens is 1. The van der Waals surface area contributed by atoms with Gasteiger partial charge in [0.25, 0.3) is 6.01 Å². The molecule has 0 aliphatic rings. The summed E-state index contributed by atoms with van der Waals surface area (Å²) >= 11 is 0. The van der Waals surface area contributed by atoms with E-state index in [4.69, 9.17) is 9.52 Å². The molecule has 0 spiro atoms. The Morgan fingerprint density at radius 2 is 2.00 bits per heavy atom. The number of nitrogens with one attached hydrogen (secondary N) is 2. The van der Waals surface area contributed by atoms with Gasteiger partial charge >= 0.3 is 0 Å². The molecule has 1 heterocycles. The van der Waals surface area contributed by atoms with E-state index in [1.165, 1.54) is 18.2 Å². The fourth-order valence-electron chi connectivity index (χ4n) is 1.96. The van der Waals surface area contributed by atoms with Gasteiger partial charge in [0, 0.05) is 6.07 Å². The predicted molar refractivity (Wildman–Crippen MR) is 79.4 cm³/mol. The second kappa shape index (κ2) is 5.82. The standard InChI is InChI=1S/C15H12FN3O3/c16-9-5-6-13-12(7-9)19-15(22-13)18-11-4-2-1-3-10(11)17-14(21)8-20/h1-7,20H,8H2,(H,17,21)(H,18,19). The van der Waals surface area contributed by atoms with E-state index >= 15 is 0 Å². The maximum Gasteiger partial charge on any atom is 0.300 e. The summed E-state index contributed by atoms with van der Waals surface area (Å²) in [6.45, 7) is -0.615. The number of rotatable bonds is 4. The number of amides is 1. The lowest BCUT2D eigenvalue weighted by atomic mass is 10.2. The van der Waals surface area contributed by atoms with E-state index in [0.29, 0.717) is 22.5 Å². The van der Waals surface area contributed by atoms with Crippen molar-refractivity contribution in [1.29, 1.82) is 0 Å². The molecular weight excluding hydrogens is 289 g/mol. The average molecular weight is 301 g/mol. The van der Waals surface area contributed by atoms with E-state index in [2.05, 4.69) is 15.6 Å². The first-order valence-corrected chi connectivity index (χ1v) is 6.48. The van der Waals surface area contributed by atoms with E-state index < -0.39 is 18.3 Å². The smallest absolute Gasteiger partial charge is 0.300 e. The summed E-state index contributed by atoms with van der Waals surface area (Å²) in [5.74, 6) is -0.933. The molecule has 1 aromatic heterocycles. The van der Waals surface area contributed by atoms with Crippen LogP contribution in [0.3, 0.4) is 0 Å². The van der Waals surface area contributed by atoms with Gasteiger partial charge in [-0.15, -0.1) is 0 Å². The van der Waals surface area contributed by atoms with Crippen LogP contribution in [0.2, 0.25) is 0 Å². The molecule has 0 atom stereocenters. The Bertz CT molecular complexity index is 832. The number of benzene rings is 2. The fourth-order valence-corrected chi connectivity index (χ4v) is 1.96. The number of hydrogen-bond acceptors (Lipinski definition) is 5. The molecule has 0 radical (unpaired) electrons. The van der Waals surface area contributed by atoms with Crippen molar-refractivity contribution in [1.82, 2.24) is 4.98 Å². The van der Waals surface area contributed by atoms with Crippen molar-refractivity contribution < 1.29 is 18.7 Å². The van der Waals surface area contributed by atoms with Crippen LogP contribution in [0, 0.1) is 5.82 Å². The van der Waals surface area contributed by atoms with Crippen LogP contribution in [0.5, 0.6) is 0 Å². The zero-order chi connectivity index (χ0) is 15.5. The van der Waals surface area contributed by atoms with Crippen molar-refractivity contribution >= 4 is 34.4 Å². The number of carbonyl (C=O) groups excluding carboxylic acids is 1. The highest BCUT2D eigenvalue weighted by atomic mass is 19.1. The van der Waals surface area contributed by atoms with Gasteiger partial charge in [-0.25, -0.2) is 4.39 Å². The molecule has 0 aliphatic heterocycles. The molecule has 3 N–H and O–H groups in total. The van der Waals surface area contributed by atoms with Crippen LogP contribution in [0.1, 0.15) is 0 Å². The van der Waals surface area contributed by atoms with Crippen molar-refractivity contribution in [3.63, 3.8) is 0 Å². The minimum Gasteiger partial charge on any atom is -0.423 e. The molecule has 0 aliphatic carbocycles. The number of aliphatic hydroxyl groups excluding tert-OH is 1. The molecule has 112 valence electrons. The topological polar surface area (TPSA) is 87.4 Å². The molecular formula is C15H12FN3O3. The predicted octanol–water partition coefficient (Wildman–Crippen LogP) is 2.64. The minimum atomic E-state index is -0.615. The molecule has 22 heavy (non-hydrogen) atoms. The highest BCUT2D eigenvalue weighted by Gasteiger charge is 2.10. The second-order valence-electron chi connectivity index (χ2n) is 4.51. The lowest BCUT2D eigenvalue weighted by molar-refractivity contribution is -0.118. The monoisotopic (exact) mass is 301 g/mol. The summed E-state index contributed by atoms with van der Waals surface area (Å²) in [7, 11) is 0. The first kappa shape index (κ1) is 14.0. The Balaban J connectivity index is 1.89. The van der Waals surface area contributed by atoms with Crippen molar-refractivity contribution in [3.05, 3.63) is 48.3 Å². The highest BCUT2D eigenvalue weighted by Crippen LogP contribution is 2.27. The molecule has 3 rings (SSSR count). The van der Waals surface area contributed by atoms with Crippen LogP contribution in [0.15, 0.2) is 46.9 Å². The molecule has 7 heteroatoms. The van der Waals surface area contributed by atoms with Gasteiger partial charge in [-0.05, 0) is 24.3 Å². The van der Waals surface area contributed by atoms with E-state index in [1.807, 2.05) is 0 Å². The van der Waals surface area contributed by atoms with Crippen LogP contribution in [-0.4, -0.2) is 22.6 Å².